The fraction of sp³-hybridized carbons (Fsp3) is 0.429. The van der Waals surface area contributed by atoms with Gasteiger partial charge in [0.1, 0.15) is 6.54 Å². The molecule has 128 valence electrons. The van der Waals surface area contributed by atoms with E-state index in [9.17, 15) is 22.8 Å². The normalized spacial score (nSPS) is 10.9. The van der Waals surface area contributed by atoms with Gasteiger partial charge < -0.3 is 20.9 Å². The van der Waals surface area contributed by atoms with Gasteiger partial charge in [-0.25, -0.2) is 9.59 Å². The van der Waals surface area contributed by atoms with E-state index >= 15 is 0 Å². The van der Waals surface area contributed by atoms with Crippen LogP contribution >= 0.6 is 0 Å². The lowest BCUT2D eigenvalue weighted by atomic mass is 10.2. The fourth-order valence-corrected chi connectivity index (χ4v) is 1.72. The molecule has 0 heterocycles. The Morgan fingerprint density at radius 1 is 1.22 bits per heavy atom. The van der Waals surface area contributed by atoms with Crippen LogP contribution in [-0.2, 0) is 0 Å². The lowest BCUT2D eigenvalue weighted by Crippen LogP contribution is -2.38. The van der Waals surface area contributed by atoms with Gasteiger partial charge in [0.2, 0.25) is 0 Å². The van der Waals surface area contributed by atoms with Gasteiger partial charge in [-0.05, 0) is 31.5 Å². The van der Waals surface area contributed by atoms with Gasteiger partial charge in [0, 0.05) is 25.0 Å². The monoisotopic (exact) mass is 332 g/mol. The molecule has 0 spiro atoms. The molecule has 0 radical (unpaired) electrons. The number of anilines is 2. The third-order valence-electron chi connectivity index (χ3n) is 2.84. The number of halogens is 3. The zero-order valence-corrected chi connectivity index (χ0v) is 13.0. The summed E-state index contributed by atoms with van der Waals surface area (Å²) in [4.78, 5) is 23.8. The van der Waals surface area contributed by atoms with Crippen molar-refractivity contribution in [3.05, 3.63) is 23.8 Å². The molecule has 23 heavy (non-hydrogen) atoms. The molecule has 6 nitrogen and oxygen atoms in total. The average Bonchev–Trinajstić information content (AvgIpc) is 2.40. The molecule has 0 bridgehead atoms. The van der Waals surface area contributed by atoms with E-state index in [1.54, 1.807) is 26.0 Å². The Balaban J connectivity index is 2.79. The Hall–Kier alpha value is -2.45. The van der Waals surface area contributed by atoms with E-state index in [2.05, 4.69) is 16.0 Å². The van der Waals surface area contributed by atoms with Gasteiger partial charge >= 0.3 is 18.2 Å². The number of nitrogens with one attached hydrogen (secondary N) is 3. The Bertz CT molecular complexity index is 576. The van der Waals surface area contributed by atoms with Crippen molar-refractivity contribution < 1.29 is 22.8 Å². The van der Waals surface area contributed by atoms with Gasteiger partial charge in [0.05, 0.1) is 0 Å². The van der Waals surface area contributed by atoms with Crippen molar-refractivity contribution >= 4 is 23.4 Å². The predicted octanol–water partition coefficient (Wildman–Crippen LogP) is 3.16. The van der Waals surface area contributed by atoms with E-state index < -0.39 is 24.8 Å². The zero-order chi connectivity index (χ0) is 17.6. The van der Waals surface area contributed by atoms with Crippen LogP contribution in [-0.4, -0.2) is 43.3 Å². The van der Waals surface area contributed by atoms with Crippen LogP contribution in [0.5, 0.6) is 0 Å². The lowest BCUT2D eigenvalue weighted by Gasteiger charge is -2.20. The Labute approximate surface area is 132 Å². The third-order valence-corrected chi connectivity index (χ3v) is 2.84. The van der Waals surface area contributed by atoms with Crippen molar-refractivity contribution in [2.75, 3.05) is 30.8 Å². The molecule has 0 fully saturated rings. The molecule has 0 saturated heterocycles. The molecular weight excluding hydrogens is 313 g/mol. The van der Waals surface area contributed by atoms with Crippen LogP contribution in [0.15, 0.2) is 18.2 Å². The van der Waals surface area contributed by atoms with Gasteiger partial charge in [-0.1, -0.05) is 6.07 Å². The van der Waals surface area contributed by atoms with Gasteiger partial charge in [-0.15, -0.1) is 0 Å². The third kappa shape index (κ3) is 6.45. The Kier molecular flexibility index (Phi) is 6.23. The molecule has 0 unspecified atom stereocenters. The van der Waals surface area contributed by atoms with Gasteiger partial charge in [0.15, 0.2) is 0 Å². The van der Waals surface area contributed by atoms with E-state index in [0.29, 0.717) is 28.4 Å². The highest BCUT2D eigenvalue weighted by molar-refractivity contribution is 5.93. The van der Waals surface area contributed by atoms with E-state index in [1.165, 1.54) is 6.07 Å². The van der Waals surface area contributed by atoms with Crippen LogP contribution in [0.2, 0.25) is 0 Å². The Morgan fingerprint density at radius 2 is 1.87 bits per heavy atom. The molecule has 3 N–H and O–H groups in total. The molecule has 1 aromatic rings. The largest absolute Gasteiger partial charge is 0.406 e. The number of amides is 4. The minimum Gasteiger partial charge on any atom is -0.338 e. The van der Waals surface area contributed by atoms with Crippen molar-refractivity contribution in [1.82, 2.24) is 10.2 Å². The quantitative estimate of drug-likeness (QED) is 0.792. The molecule has 1 aromatic carbocycles. The van der Waals surface area contributed by atoms with E-state index in [0.717, 1.165) is 7.05 Å². The molecule has 1 rings (SSSR count). The number of urea groups is 2. The first-order valence-electron chi connectivity index (χ1n) is 6.86. The molecule has 0 atom stereocenters. The highest BCUT2D eigenvalue weighted by Gasteiger charge is 2.31. The molecule has 0 aliphatic carbocycles. The smallest absolute Gasteiger partial charge is 0.338 e. The molecule has 9 heteroatoms. The Morgan fingerprint density at radius 3 is 2.43 bits per heavy atom. The molecule has 0 aromatic heterocycles. The second kappa shape index (κ2) is 7.70. The maximum Gasteiger partial charge on any atom is 0.406 e. The second-order valence-electron chi connectivity index (χ2n) is 4.92. The maximum atomic E-state index is 12.3. The SMILES string of the molecule is CCNC(=O)Nc1ccc(C)c(NC(=O)N(C)CC(F)(F)F)c1. The second-order valence-corrected chi connectivity index (χ2v) is 4.92. The minimum absolute atomic E-state index is 0.318. The highest BCUT2D eigenvalue weighted by atomic mass is 19.4. The van der Waals surface area contributed by atoms with Crippen LogP contribution in [0.25, 0.3) is 0 Å². The fourth-order valence-electron chi connectivity index (χ4n) is 1.72. The van der Waals surface area contributed by atoms with Crippen molar-refractivity contribution in [2.24, 2.45) is 0 Å². The molecule has 0 aliphatic heterocycles. The van der Waals surface area contributed by atoms with Crippen LogP contribution in [0.4, 0.5) is 34.1 Å². The molecule has 0 aliphatic rings. The summed E-state index contributed by atoms with van der Waals surface area (Å²) in [7, 11) is 1.05. The highest BCUT2D eigenvalue weighted by Crippen LogP contribution is 2.21. The molecular formula is C14H19F3N4O2. The predicted molar refractivity (Wildman–Crippen MR) is 81.6 cm³/mol. The number of alkyl halides is 3. The zero-order valence-electron chi connectivity index (χ0n) is 13.0. The van der Waals surface area contributed by atoms with Crippen LogP contribution in [0.3, 0.4) is 0 Å². The number of carbonyl (C=O) groups is 2. The number of hydrogen-bond acceptors (Lipinski definition) is 2. The first kappa shape index (κ1) is 18.6. The summed E-state index contributed by atoms with van der Waals surface area (Å²) in [6.07, 6.45) is -4.47. The van der Waals surface area contributed by atoms with E-state index in [-0.39, 0.29) is 0 Å². The average molecular weight is 332 g/mol. The topological polar surface area (TPSA) is 73.5 Å². The minimum atomic E-state index is -4.47. The van der Waals surface area contributed by atoms with Crippen LogP contribution < -0.4 is 16.0 Å². The van der Waals surface area contributed by atoms with E-state index in [1.807, 2.05) is 0 Å². The van der Waals surface area contributed by atoms with Crippen molar-refractivity contribution in [1.29, 1.82) is 0 Å². The summed E-state index contributed by atoms with van der Waals surface area (Å²) in [6, 6.07) is 3.44. The van der Waals surface area contributed by atoms with Crippen LogP contribution in [0.1, 0.15) is 12.5 Å². The number of rotatable bonds is 4. The van der Waals surface area contributed by atoms with Crippen molar-refractivity contribution in [3.63, 3.8) is 0 Å². The number of nitrogens with zero attached hydrogens (tertiary/aromatic N) is 1. The van der Waals surface area contributed by atoms with Gasteiger partial charge in [-0.3, -0.25) is 0 Å². The summed E-state index contributed by atoms with van der Waals surface area (Å²) in [5.74, 6) is 0. The molecule has 0 saturated carbocycles. The molecule has 4 amide bonds. The van der Waals surface area contributed by atoms with Crippen molar-refractivity contribution in [2.45, 2.75) is 20.0 Å². The summed E-state index contributed by atoms with van der Waals surface area (Å²) in [6.45, 7) is 2.55. The standard InChI is InChI=1S/C14H19F3N4O2/c1-4-18-12(22)19-10-6-5-9(2)11(7-10)20-13(23)21(3)8-14(15,16)17/h5-7H,4,8H2,1-3H3,(H,20,23)(H2,18,19,22). The number of benzene rings is 1. The van der Waals surface area contributed by atoms with E-state index in [4.69, 9.17) is 0 Å². The summed E-state index contributed by atoms with van der Waals surface area (Å²) < 4.78 is 36.9. The van der Waals surface area contributed by atoms with Gasteiger partial charge in [-0.2, -0.15) is 13.2 Å². The van der Waals surface area contributed by atoms with Crippen LogP contribution in [0, 0.1) is 6.92 Å². The van der Waals surface area contributed by atoms with Crippen molar-refractivity contribution in [3.8, 4) is 0 Å². The number of hydrogen-bond donors (Lipinski definition) is 3. The maximum absolute atomic E-state index is 12.3. The summed E-state index contributed by atoms with van der Waals surface area (Å²) in [5, 5.41) is 7.49. The summed E-state index contributed by atoms with van der Waals surface area (Å²) >= 11 is 0. The lowest BCUT2D eigenvalue weighted by molar-refractivity contribution is -0.137. The first-order valence-corrected chi connectivity index (χ1v) is 6.86. The van der Waals surface area contributed by atoms with Gasteiger partial charge in [0.25, 0.3) is 0 Å². The number of carbonyl (C=O) groups excluding carboxylic acids is 2. The first-order chi connectivity index (χ1) is 10.6. The summed E-state index contributed by atoms with van der Waals surface area (Å²) in [5.41, 5.74) is 1.38. The number of aryl methyl sites for hydroxylation is 1.